The van der Waals surface area contributed by atoms with E-state index in [0.717, 1.165) is 36.5 Å². The highest BCUT2D eigenvalue weighted by Crippen LogP contribution is 2.40. The Balaban J connectivity index is 1.70. The highest BCUT2D eigenvalue weighted by Gasteiger charge is 2.35. The van der Waals surface area contributed by atoms with E-state index in [0.29, 0.717) is 6.04 Å². The zero-order valence-corrected chi connectivity index (χ0v) is 12.9. The molecule has 0 atom stereocenters. The van der Waals surface area contributed by atoms with Gasteiger partial charge in [-0.3, -0.25) is 4.79 Å². The Labute approximate surface area is 130 Å². The van der Waals surface area contributed by atoms with E-state index in [2.05, 4.69) is 35.0 Å². The Morgan fingerprint density at radius 1 is 1.18 bits per heavy atom. The first-order chi connectivity index (χ1) is 10.8. The van der Waals surface area contributed by atoms with Crippen LogP contribution < -0.4 is 9.80 Å². The van der Waals surface area contributed by atoms with Crippen molar-refractivity contribution < 1.29 is 4.79 Å². The van der Waals surface area contributed by atoms with E-state index in [4.69, 9.17) is 0 Å². The van der Waals surface area contributed by atoms with Gasteiger partial charge in [0.05, 0.1) is 16.9 Å². The van der Waals surface area contributed by atoms with Crippen molar-refractivity contribution in [3.8, 4) is 0 Å². The minimum absolute atomic E-state index is 0.112. The van der Waals surface area contributed by atoms with Crippen molar-refractivity contribution in [3.63, 3.8) is 0 Å². The van der Waals surface area contributed by atoms with Crippen molar-refractivity contribution in [3.05, 3.63) is 47.8 Å². The molecule has 4 rings (SSSR count). The van der Waals surface area contributed by atoms with Gasteiger partial charge in [0.2, 0.25) is 0 Å². The SMILES string of the molecule is CCc1[nH]ccc1C(=O)N1CCN(C2CC2)c2ccccc21. The molecule has 0 spiro atoms. The number of rotatable bonds is 3. The smallest absolute Gasteiger partial charge is 0.260 e. The molecule has 1 saturated carbocycles. The molecular weight excluding hydrogens is 274 g/mol. The van der Waals surface area contributed by atoms with Crippen molar-refractivity contribution in [2.24, 2.45) is 0 Å². The molecule has 1 aromatic carbocycles. The first-order valence-corrected chi connectivity index (χ1v) is 8.13. The highest BCUT2D eigenvalue weighted by atomic mass is 16.2. The number of aryl methyl sites for hydroxylation is 1. The molecule has 1 aliphatic carbocycles. The molecule has 1 amide bonds. The summed E-state index contributed by atoms with van der Waals surface area (Å²) in [4.78, 5) is 20.6. The number of amides is 1. The minimum Gasteiger partial charge on any atom is -0.365 e. The number of aromatic nitrogens is 1. The van der Waals surface area contributed by atoms with Crippen LogP contribution in [0.4, 0.5) is 11.4 Å². The summed E-state index contributed by atoms with van der Waals surface area (Å²) < 4.78 is 0. The molecule has 1 aliphatic heterocycles. The van der Waals surface area contributed by atoms with Crippen LogP contribution in [0.1, 0.15) is 35.8 Å². The molecule has 0 saturated heterocycles. The number of para-hydroxylation sites is 2. The molecule has 4 heteroatoms. The highest BCUT2D eigenvalue weighted by molar-refractivity contribution is 6.09. The third-order valence-electron chi connectivity index (χ3n) is 4.70. The fourth-order valence-corrected chi connectivity index (χ4v) is 3.40. The maximum atomic E-state index is 13.0. The first kappa shape index (κ1) is 13.4. The van der Waals surface area contributed by atoms with Crippen LogP contribution in [0.2, 0.25) is 0 Å². The molecule has 0 unspecified atom stereocenters. The molecule has 1 fully saturated rings. The van der Waals surface area contributed by atoms with E-state index >= 15 is 0 Å². The Kier molecular flexibility index (Phi) is 3.17. The predicted octanol–water partition coefficient (Wildman–Crippen LogP) is 3.21. The number of carbonyl (C=O) groups excluding carboxylic acids is 1. The summed E-state index contributed by atoms with van der Waals surface area (Å²) in [7, 11) is 0. The summed E-state index contributed by atoms with van der Waals surface area (Å²) in [6.45, 7) is 3.77. The van der Waals surface area contributed by atoms with Gasteiger partial charge in [-0.25, -0.2) is 0 Å². The topological polar surface area (TPSA) is 39.3 Å². The summed E-state index contributed by atoms with van der Waals surface area (Å²) in [5.41, 5.74) is 4.08. The third-order valence-corrected chi connectivity index (χ3v) is 4.70. The van der Waals surface area contributed by atoms with Crippen LogP contribution in [0, 0.1) is 0 Å². The number of hydrogen-bond acceptors (Lipinski definition) is 2. The molecule has 2 aliphatic rings. The van der Waals surface area contributed by atoms with Gasteiger partial charge in [0.15, 0.2) is 0 Å². The average Bonchev–Trinajstić information content (AvgIpc) is 3.29. The molecular formula is C18H21N3O. The lowest BCUT2D eigenvalue weighted by atomic mass is 10.1. The monoisotopic (exact) mass is 295 g/mol. The van der Waals surface area contributed by atoms with Crippen LogP contribution in [0.25, 0.3) is 0 Å². The Bertz CT molecular complexity index is 702. The lowest BCUT2D eigenvalue weighted by Crippen LogP contribution is -2.45. The van der Waals surface area contributed by atoms with E-state index < -0.39 is 0 Å². The number of nitrogens with one attached hydrogen (secondary N) is 1. The van der Waals surface area contributed by atoms with Crippen molar-refractivity contribution >= 4 is 17.3 Å². The van der Waals surface area contributed by atoms with Gasteiger partial charge in [0.25, 0.3) is 5.91 Å². The summed E-state index contributed by atoms with van der Waals surface area (Å²) in [6, 6.07) is 10.9. The zero-order chi connectivity index (χ0) is 15.1. The summed E-state index contributed by atoms with van der Waals surface area (Å²) >= 11 is 0. The summed E-state index contributed by atoms with van der Waals surface area (Å²) in [5, 5.41) is 0. The minimum atomic E-state index is 0.112. The van der Waals surface area contributed by atoms with Gasteiger partial charge in [-0.1, -0.05) is 19.1 Å². The average molecular weight is 295 g/mol. The number of nitrogens with zero attached hydrogens (tertiary/aromatic N) is 2. The second kappa shape index (κ2) is 5.20. The maximum absolute atomic E-state index is 13.0. The summed E-state index contributed by atoms with van der Waals surface area (Å²) in [5.74, 6) is 0.112. The largest absolute Gasteiger partial charge is 0.365 e. The van der Waals surface area contributed by atoms with E-state index in [9.17, 15) is 4.79 Å². The van der Waals surface area contributed by atoms with Gasteiger partial charge in [-0.2, -0.15) is 0 Å². The Hall–Kier alpha value is -2.23. The number of aromatic amines is 1. The molecule has 0 radical (unpaired) electrons. The van der Waals surface area contributed by atoms with Crippen LogP contribution in [-0.4, -0.2) is 30.0 Å². The quantitative estimate of drug-likeness (QED) is 0.944. The molecule has 0 bridgehead atoms. The van der Waals surface area contributed by atoms with Gasteiger partial charge in [-0.05, 0) is 37.5 Å². The standard InChI is InChI=1S/C18H21N3O/c1-2-15-14(9-10-19-15)18(22)21-12-11-20(13-7-8-13)16-5-3-4-6-17(16)21/h3-6,9-10,13,19H,2,7-8,11-12H2,1H3. The Morgan fingerprint density at radius 2 is 1.95 bits per heavy atom. The second-order valence-corrected chi connectivity index (χ2v) is 6.09. The zero-order valence-electron chi connectivity index (χ0n) is 12.9. The second-order valence-electron chi connectivity index (χ2n) is 6.09. The molecule has 22 heavy (non-hydrogen) atoms. The van der Waals surface area contributed by atoms with Crippen LogP contribution in [0.3, 0.4) is 0 Å². The van der Waals surface area contributed by atoms with Crippen LogP contribution >= 0.6 is 0 Å². The van der Waals surface area contributed by atoms with Gasteiger partial charge < -0.3 is 14.8 Å². The van der Waals surface area contributed by atoms with Crippen molar-refractivity contribution in [1.82, 2.24) is 4.98 Å². The van der Waals surface area contributed by atoms with Crippen LogP contribution in [-0.2, 0) is 6.42 Å². The maximum Gasteiger partial charge on any atom is 0.260 e. The number of carbonyl (C=O) groups is 1. The molecule has 4 nitrogen and oxygen atoms in total. The molecule has 1 aromatic heterocycles. The third kappa shape index (κ3) is 2.10. The summed E-state index contributed by atoms with van der Waals surface area (Å²) in [6.07, 6.45) is 5.26. The number of anilines is 2. The van der Waals surface area contributed by atoms with Crippen LogP contribution in [0.5, 0.6) is 0 Å². The van der Waals surface area contributed by atoms with Gasteiger partial charge in [-0.15, -0.1) is 0 Å². The lowest BCUT2D eigenvalue weighted by Gasteiger charge is -2.38. The van der Waals surface area contributed by atoms with E-state index in [1.807, 2.05) is 23.2 Å². The number of fused-ring (bicyclic) bond motifs is 1. The first-order valence-electron chi connectivity index (χ1n) is 8.13. The van der Waals surface area contributed by atoms with Gasteiger partial charge in [0, 0.05) is 31.0 Å². The fraction of sp³-hybridized carbons (Fsp3) is 0.389. The van der Waals surface area contributed by atoms with Crippen molar-refractivity contribution in [1.29, 1.82) is 0 Å². The number of hydrogen-bond donors (Lipinski definition) is 1. The lowest BCUT2D eigenvalue weighted by molar-refractivity contribution is 0.0986. The molecule has 2 heterocycles. The number of benzene rings is 1. The molecule has 2 aromatic rings. The molecule has 114 valence electrons. The van der Waals surface area contributed by atoms with E-state index in [-0.39, 0.29) is 5.91 Å². The van der Waals surface area contributed by atoms with Crippen LogP contribution in [0.15, 0.2) is 36.5 Å². The van der Waals surface area contributed by atoms with Crippen molar-refractivity contribution in [2.75, 3.05) is 22.9 Å². The van der Waals surface area contributed by atoms with Gasteiger partial charge >= 0.3 is 0 Å². The predicted molar refractivity (Wildman–Crippen MR) is 88.7 cm³/mol. The Morgan fingerprint density at radius 3 is 2.68 bits per heavy atom. The normalized spacial score (nSPS) is 17.5. The van der Waals surface area contributed by atoms with Crippen molar-refractivity contribution in [2.45, 2.75) is 32.2 Å². The van der Waals surface area contributed by atoms with E-state index in [1.165, 1.54) is 18.5 Å². The number of H-pyrrole nitrogens is 1. The molecule has 1 N–H and O–H groups in total. The van der Waals surface area contributed by atoms with E-state index in [1.54, 1.807) is 0 Å². The fourth-order valence-electron chi connectivity index (χ4n) is 3.40. The van der Waals surface area contributed by atoms with Gasteiger partial charge in [0.1, 0.15) is 0 Å².